The molecular formula is C8H5ClN2S. The van der Waals surface area contributed by atoms with Crippen molar-refractivity contribution >= 4 is 23.5 Å². The van der Waals surface area contributed by atoms with Crippen LogP contribution in [0.5, 0.6) is 0 Å². The molecule has 2 nitrogen and oxygen atoms in total. The van der Waals surface area contributed by atoms with Gasteiger partial charge in [0.25, 0.3) is 0 Å². The normalized spacial score (nSPS) is 20.7. The molecule has 0 aliphatic carbocycles. The molecule has 0 saturated heterocycles. The Hall–Kier alpha value is -0.850. The lowest BCUT2D eigenvalue weighted by Crippen LogP contribution is -2.12. The molecule has 0 amide bonds. The lowest BCUT2D eigenvalue weighted by molar-refractivity contribution is 0.724. The van der Waals surface area contributed by atoms with Crippen molar-refractivity contribution in [3.8, 4) is 6.07 Å². The predicted octanol–water partition coefficient (Wildman–Crippen LogP) is 2.38. The van der Waals surface area contributed by atoms with Crippen LogP contribution in [-0.4, -0.2) is 10.2 Å². The highest BCUT2D eigenvalue weighted by atomic mass is 35.5. The first-order valence-corrected chi connectivity index (χ1v) is 4.76. The third-order valence-electron chi connectivity index (χ3n) is 1.70. The zero-order valence-corrected chi connectivity index (χ0v) is 7.69. The minimum Gasteiger partial charge on any atom is -0.242 e. The van der Waals surface area contributed by atoms with Crippen molar-refractivity contribution in [3.63, 3.8) is 0 Å². The van der Waals surface area contributed by atoms with Gasteiger partial charge in [-0.15, -0.1) is 11.8 Å². The van der Waals surface area contributed by atoms with E-state index >= 15 is 0 Å². The number of fused-ring (bicyclic) bond motifs is 1. The molecule has 0 aromatic heterocycles. The van der Waals surface area contributed by atoms with E-state index in [1.807, 2.05) is 18.2 Å². The third kappa shape index (κ3) is 1.04. The molecule has 0 radical (unpaired) electrons. The van der Waals surface area contributed by atoms with Crippen LogP contribution in [0.4, 0.5) is 0 Å². The van der Waals surface area contributed by atoms with Crippen LogP contribution in [0, 0.1) is 11.3 Å². The zero-order chi connectivity index (χ0) is 8.55. The number of hydrogen-bond acceptors (Lipinski definition) is 3. The average Bonchev–Trinajstić information content (AvgIpc) is 2.53. The average molecular weight is 197 g/mol. The Kier molecular flexibility index (Phi) is 1.87. The van der Waals surface area contributed by atoms with Gasteiger partial charge in [0.05, 0.1) is 5.70 Å². The molecule has 0 aromatic rings. The highest BCUT2D eigenvalue weighted by molar-refractivity contribution is 8.03. The molecule has 2 rings (SSSR count). The van der Waals surface area contributed by atoms with Gasteiger partial charge in [0.15, 0.2) is 0 Å². The summed E-state index contributed by atoms with van der Waals surface area (Å²) in [6.07, 6.45) is 5.69. The summed E-state index contributed by atoms with van der Waals surface area (Å²) in [6, 6.07) is 2.03. The minimum atomic E-state index is 0.481. The molecule has 60 valence electrons. The van der Waals surface area contributed by atoms with Gasteiger partial charge < -0.3 is 0 Å². The fourth-order valence-electron chi connectivity index (χ4n) is 1.13. The van der Waals surface area contributed by atoms with Gasteiger partial charge in [0, 0.05) is 22.4 Å². The maximum atomic E-state index is 8.67. The summed E-state index contributed by atoms with van der Waals surface area (Å²) in [6.45, 7) is 0. The number of hydrogen-bond donors (Lipinski definition) is 0. The van der Waals surface area contributed by atoms with Crippen molar-refractivity contribution in [1.82, 2.24) is 4.42 Å². The molecule has 0 spiro atoms. The number of thioether (sulfide) groups is 1. The van der Waals surface area contributed by atoms with Crippen molar-refractivity contribution < 1.29 is 0 Å². The molecule has 0 aromatic carbocycles. The minimum absolute atomic E-state index is 0.481. The first-order chi connectivity index (χ1) is 5.83. The van der Waals surface area contributed by atoms with Gasteiger partial charge in [-0.05, 0) is 18.2 Å². The molecule has 2 aliphatic rings. The molecule has 2 aliphatic heterocycles. The first-order valence-electron chi connectivity index (χ1n) is 3.44. The second-order valence-corrected chi connectivity index (χ2v) is 3.78. The number of nitrogens with zero attached hydrogens (tertiary/aromatic N) is 2. The Morgan fingerprint density at radius 2 is 2.42 bits per heavy atom. The summed E-state index contributed by atoms with van der Waals surface area (Å²) in [4.78, 5) is 1.14. The Labute approximate surface area is 79.9 Å². The molecular weight excluding hydrogens is 192 g/mol. The van der Waals surface area contributed by atoms with Crippen LogP contribution in [0.25, 0.3) is 0 Å². The van der Waals surface area contributed by atoms with E-state index in [1.165, 1.54) is 4.42 Å². The van der Waals surface area contributed by atoms with Crippen LogP contribution in [0.2, 0.25) is 0 Å². The molecule has 2 heterocycles. The van der Waals surface area contributed by atoms with Crippen molar-refractivity contribution in [2.24, 2.45) is 0 Å². The smallest absolute Gasteiger partial charge is 0.135 e. The van der Waals surface area contributed by atoms with Gasteiger partial charge in [-0.3, -0.25) is 0 Å². The number of allylic oxidation sites excluding steroid dienone is 3. The maximum Gasteiger partial charge on any atom is 0.135 e. The summed E-state index contributed by atoms with van der Waals surface area (Å²) in [5.74, 6) is 0.941. The first kappa shape index (κ1) is 7.78. The van der Waals surface area contributed by atoms with Gasteiger partial charge in [0.1, 0.15) is 11.8 Å². The molecule has 0 fully saturated rings. The van der Waals surface area contributed by atoms with Gasteiger partial charge in [-0.25, -0.2) is 4.42 Å². The molecule has 4 heteroatoms. The maximum absolute atomic E-state index is 8.67. The van der Waals surface area contributed by atoms with E-state index in [2.05, 4.69) is 0 Å². The number of rotatable bonds is 0. The monoisotopic (exact) mass is 196 g/mol. The van der Waals surface area contributed by atoms with E-state index < -0.39 is 0 Å². The van der Waals surface area contributed by atoms with E-state index in [9.17, 15) is 0 Å². The number of nitriles is 1. The van der Waals surface area contributed by atoms with Crippen LogP contribution in [0.15, 0.2) is 34.5 Å². The van der Waals surface area contributed by atoms with Crippen LogP contribution in [-0.2, 0) is 0 Å². The second-order valence-electron chi connectivity index (χ2n) is 2.38. The Balaban J connectivity index is 2.43. The Morgan fingerprint density at radius 3 is 3.17 bits per heavy atom. The molecule has 0 saturated carbocycles. The van der Waals surface area contributed by atoms with Gasteiger partial charge in [0.2, 0.25) is 0 Å². The van der Waals surface area contributed by atoms with Crippen molar-refractivity contribution in [3.05, 3.63) is 34.5 Å². The Morgan fingerprint density at radius 1 is 1.58 bits per heavy atom. The fourth-order valence-corrected chi connectivity index (χ4v) is 2.34. The SMILES string of the molecule is N#CC1=CC=C2SCC=C2N1Cl. The summed E-state index contributed by atoms with van der Waals surface area (Å²) in [5, 5.41) is 8.67. The summed E-state index contributed by atoms with van der Waals surface area (Å²) < 4.78 is 1.41. The Bertz CT molecular complexity index is 349. The molecule has 0 N–H and O–H groups in total. The molecule has 0 bridgehead atoms. The van der Waals surface area contributed by atoms with E-state index in [0.29, 0.717) is 5.70 Å². The van der Waals surface area contributed by atoms with E-state index in [-0.39, 0.29) is 0 Å². The van der Waals surface area contributed by atoms with Crippen LogP contribution >= 0.6 is 23.5 Å². The van der Waals surface area contributed by atoms with Gasteiger partial charge >= 0.3 is 0 Å². The standard InChI is InChI=1S/C8H5ClN2S/c9-11-6(5-10)1-2-8-7(11)3-4-12-8/h1-3H,4H2. The molecule has 0 atom stereocenters. The third-order valence-corrected chi connectivity index (χ3v) is 3.05. The van der Waals surface area contributed by atoms with Gasteiger partial charge in [-0.2, -0.15) is 5.26 Å². The van der Waals surface area contributed by atoms with Crippen LogP contribution in [0.1, 0.15) is 0 Å². The summed E-state index contributed by atoms with van der Waals surface area (Å²) in [5.41, 5.74) is 1.43. The van der Waals surface area contributed by atoms with E-state index in [1.54, 1.807) is 17.8 Å². The lowest BCUT2D eigenvalue weighted by Gasteiger charge is -2.19. The highest BCUT2D eigenvalue weighted by Gasteiger charge is 2.23. The number of halogens is 1. The van der Waals surface area contributed by atoms with Crippen molar-refractivity contribution in [1.29, 1.82) is 5.26 Å². The van der Waals surface area contributed by atoms with E-state index in [4.69, 9.17) is 17.0 Å². The second kappa shape index (κ2) is 2.89. The largest absolute Gasteiger partial charge is 0.242 e. The summed E-state index contributed by atoms with van der Waals surface area (Å²) in [7, 11) is 0. The topological polar surface area (TPSA) is 27.0 Å². The van der Waals surface area contributed by atoms with Crippen LogP contribution < -0.4 is 0 Å². The fraction of sp³-hybridized carbons (Fsp3) is 0.125. The zero-order valence-electron chi connectivity index (χ0n) is 6.12. The predicted molar refractivity (Wildman–Crippen MR) is 50.0 cm³/mol. The van der Waals surface area contributed by atoms with Crippen molar-refractivity contribution in [2.45, 2.75) is 0 Å². The lowest BCUT2D eigenvalue weighted by atomic mass is 10.2. The van der Waals surface area contributed by atoms with Crippen molar-refractivity contribution in [2.75, 3.05) is 5.75 Å². The molecule has 0 unspecified atom stereocenters. The highest BCUT2D eigenvalue weighted by Crippen LogP contribution is 2.38. The van der Waals surface area contributed by atoms with E-state index in [0.717, 1.165) is 16.4 Å². The van der Waals surface area contributed by atoms with Crippen LogP contribution in [0.3, 0.4) is 0 Å². The quantitative estimate of drug-likeness (QED) is 0.557. The summed E-state index contributed by atoms with van der Waals surface area (Å²) >= 11 is 7.63. The van der Waals surface area contributed by atoms with Gasteiger partial charge in [-0.1, -0.05) is 0 Å². The molecule has 12 heavy (non-hydrogen) atoms.